The van der Waals surface area contributed by atoms with Crippen molar-refractivity contribution in [3.63, 3.8) is 0 Å². The van der Waals surface area contributed by atoms with Gasteiger partial charge >= 0.3 is 0 Å². The van der Waals surface area contributed by atoms with Crippen molar-refractivity contribution in [2.45, 2.75) is 71.8 Å². The summed E-state index contributed by atoms with van der Waals surface area (Å²) < 4.78 is 0. The van der Waals surface area contributed by atoms with Gasteiger partial charge in [0.05, 0.1) is 11.2 Å². The molecule has 1 aliphatic carbocycles. The predicted molar refractivity (Wildman–Crippen MR) is 83.8 cm³/mol. The number of hydrogen-bond acceptors (Lipinski definition) is 3. The Bertz CT molecular complexity index is 413. The molecule has 2 nitrogen and oxygen atoms in total. The van der Waals surface area contributed by atoms with E-state index >= 15 is 0 Å². The van der Waals surface area contributed by atoms with Crippen LogP contribution in [0.3, 0.4) is 0 Å². The van der Waals surface area contributed by atoms with E-state index in [-0.39, 0.29) is 5.54 Å². The smallest absolute Gasteiger partial charge is 0.113 e. The summed E-state index contributed by atoms with van der Waals surface area (Å²) in [7, 11) is 0. The topological polar surface area (TPSA) is 24.9 Å². The van der Waals surface area contributed by atoms with E-state index in [4.69, 9.17) is 4.98 Å². The Hall–Kier alpha value is -0.410. The molecule has 0 amide bonds. The summed E-state index contributed by atoms with van der Waals surface area (Å²) in [5, 5.41) is 5.13. The number of hydrogen-bond donors (Lipinski definition) is 1. The molecule has 1 aromatic heterocycles. The zero-order chi connectivity index (χ0) is 13.9. The Morgan fingerprint density at radius 3 is 2.74 bits per heavy atom. The normalized spacial score (nSPS) is 28.3. The van der Waals surface area contributed by atoms with Crippen molar-refractivity contribution in [1.82, 2.24) is 10.3 Å². The highest BCUT2D eigenvalue weighted by Crippen LogP contribution is 2.40. The van der Waals surface area contributed by atoms with Crippen LogP contribution in [0.1, 0.15) is 68.5 Å². The number of aromatic nitrogens is 1. The maximum absolute atomic E-state index is 4.97. The summed E-state index contributed by atoms with van der Waals surface area (Å²) in [5.41, 5.74) is 1.46. The summed E-state index contributed by atoms with van der Waals surface area (Å²) in [6, 6.07) is 0. The molecule has 2 unspecified atom stereocenters. The maximum Gasteiger partial charge on any atom is 0.113 e. The predicted octanol–water partition coefficient (Wildman–Crippen LogP) is 4.42. The molecule has 108 valence electrons. The molecule has 1 aliphatic rings. The second-order valence-electron chi connectivity index (χ2n) is 6.02. The van der Waals surface area contributed by atoms with Crippen molar-refractivity contribution in [1.29, 1.82) is 0 Å². The zero-order valence-electron chi connectivity index (χ0n) is 12.9. The van der Waals surface area contributed by atoms with Gasteiger partial charge in [0.15, 0.2) is 0 Å². The van der Waals surface area contributed by atoms with Gasteiger partial charge in [-0.3, -0.25) is 0 Å². The van der Waals surface area contributed by atoms with Gasteiger partial charge in [0.25, 0.3) is 0 Å². The van der Waals surface area contributed by atoms with Crippen LogP contribution in [0.25, 0.3) is 0 Å². The van der Waals surface area contributed by atoms with Crippen molar-refractivity contribution >= 4 is 11.3 Å². The van der Waals surface area contributed by atoms with Gasteiger partial charge in [-0.15, -0.1) is 11.3 Å². The first kappa shape index (κ1) is 15.0. The summed E-state index contributed by atoms with van der Waals surface area (Å²) in [6.07, 6.45) is 7.58. The third kappa shape index (κ3) is 3.19. The van der Waals surface area contributed by atoms with Gasteiger partial charge in [-0.2, -0.15) is 0 Å². The lowest BCUT2D eigenvalue weighted by Gasteiger charge is -2.32. The van der Waals surface area contributed by atoms with Crippen LogP contribution < -0.4 is 5.32 Å². The van der Waals surface area contributed by atoms with E-state index in [0.717, 1.165) is 18.9 Å². The van der Waals surface area contributed by atoms with Gasteiger partial charge in [-0.1, -0.05) is 33.6 Å². The minimum atomic E-state index is 0.155. The molecule has 2 atom stereocenters. The Morgan fingerprint density at radius 1 is 1.32 bits per heavy atom. The van der Waals surface area contributed by atoms with Crippen LogP contribution in [0.4, 0.5) is 0 Å². The molecule has 1 heterocycles. The molecule has 1 N–H and O–H groups in total. The van der Waals surface area contributed by atoms with E-state index in [1.807, 2.05) is 11.3 Å². The van der Waals surface area contributed by atoms with E-state index in [1.165, 1.54) is 47.7 Å². The average Bonchev–Trinajstić information content (AvgIpc) is 2.67. The quantitative estimate of drug-likeness (QED) is 0.826. The van der Waals surface area contributed by atoms with Crippen molar-refractivity contribution in [2.75, 3.05) is 6.54 Å². The summed E-state index contributed by atoms with van der Waals surface area (Å²) >= 11 is 1.92. The van der Waals surface area contributed by atoms with Gasteiger partial charge in [-0.05, 0) is 45.1 Å². The molecule has 1 fully saturated rings. The number of rotatable bonds is 4. The standard InChI is InChI=1S/C16H28N2S/c1-5-14-13(4)19-15(18-14)16(17-6-2)10-7-8-12(3)9-11-16/h12,17H,5-11H2,1-4H3. The monoisotopic (exact) mass is 280 g/mol. The molecular formula is C16H28N2S. The molecule has 0 aliphatic heterocycles. The second kappa shape index (κ2) is 6.36. The van der Waals surface area contributed by atoms with E-state index in [1.54, 1.807) is 0 Å². The number of thiazole rings is 1. The van der Waals surface area contributed by atoms with Crippen molar-refractivity contribution in [3.05, 3.63) is 15.6 Å². The van der Waals surface area contributed by atoms with Crippen LogP contribution in [0.15, 0.2) is 0 Å². The lowest BCUT2D eigenvalue weighted by molar-refractivity contribution is 0.291. The summed E-state index contributed by atoms with van der Waals surface area (Å²) in [5.74, 6) is 0.868. The van der Waals surface area contributed by atoms with Crippen LogP contribution in [0.2, 0.25) is 0 Å². The van der Waals surface area contributed by atoms with Gasteiger partial charge < -0.3 is 5.32 Å². The highest BCUT2D eigenvalue weighted by Gasteiger charge is 2.36. The second-order valence-corrected chi connectivity index (χ2v) is 7.23. The number of nitrogens with zero attached hydrogens (tertiary/aromatic N) is 1. The first-order chi connectivity index (χ1) is 9.11. The molecule has 1 saturated carbocycles. The molecule has 0 aromatic carbocycles. The van der Waals surface area contributed by atoms with Crippen LogP contribution >= 0.6 is 11.3 Å². The van der Waals surface area contributed by atoms with Crippen molar-refractivity contribution in [3.8, 4) is 0 Å². The molecule has 19 heavy (non-hydrogen) atoms. The fraction of sp³-hybridized carbons (Fsp3) is 0.812. The molecule has 0 bridgehead atoms. The minimum absolute atomic E-state index is 0.155. The highest BCUT2D eigenvalue weighted by molar-refractivity contribution is 7.11. The fourth-order valence-electron chi connectivity index (χ4n) is 3.28. The number of aryl methyl sites for hydroxylation is 2. The lowest BCUT2D eigenvalue weighted by atomic mass is 9.90. The van der Waals surface area contributed by atoms with Crippen LogP contribution in [0, 0.1) is 12.8 Å². The first-order valence-corrected chi connectivity index (χ1v) is 8.64. The van der Waals surface area contributed by atoms with E-state index in [2.05, 4.69) is 33.0 Å². The highest BCUT2D eigenvalue weighted by atomic mass is 32.1. The minimum Gasteiger partial charge on any atom is -0.306 e. The summed E-state index contributed by atoms with van der Waals surface area (Å²) in [4.78, 5) is 6.37. The SMILES string of the molecule is CCNC1(c2nc(CC)c(C)s2)CCCC(C)CC1. The van der Waals surface area contributed by atoms with E-state index in [9.17, 15) is 0 Å². The van der Waals surface area contributed by atoms with Crippen molar-refractivity contribution in [2.24, 2.45) is 5.92 Å². The molecule has 0 saturated heterocycles. The maximum atomic E-state index is 4.97. The van der Waals surface area contributed by atoms with Crippen LogP contribution in [0.5, 0.6) is 0 Å². The number of nitrogens with one attached hydrogen (secondary N) is 1. The molecule has 3 heteroatoms. The third-order valence-corrected chi connectivity index (χ3v) is 5.73. The van der Waals surface area contributed by atoms with E-state index < -0.39 is 0 Å². The third-order valence-electron chi connectivity index (χ3n) is 4.52. The van der Waals surface area contributed by atoms with Gasteiger partial charge in [0, 0.05) is 4.88 Å². The largest absolute Gasteiger partial charge is 0.306 e. The van der Waals surface area contributed by atoms with Crippen LogP contribution in [-0.4, -0.2) is 11.5 Å². The first-order valence-electron chi connectivity index (χ1n) is 7.83. The lowest BCUT2D eigenvalue weighted by Crippen LogP contribution is -2.42. The Morgan fingerprint density at radius 2 is 2.11 bits per heavy atom. The molecular weight excluding hydrogens is 252 g/mol. The van der Waals surface area contributed by atoms with Gasteiger partial charge in [-0.25, -0.2) is 4.98 Å². The molecule has 1 aromatic rings. The van der Waals surface area contributed by atoms with Gasteiger partial charge in [0.1, 0.15) is 5.01 Å². The summed E-state index contributed by atoms with van der Waals surface area (Å²) in [6.45, 7) is 10.1. The van der Waals surface area contributed by atoms with Gasteiger partial charge in [0.2, 0.25) is 0 Å². The molecule has 0 radical (unpaired) electrons. The average molecular weight is 280 g/mol. The molecule has 0 spiro atoms. The Labute approximate surface area is 122 Å². The fourth-order valence-corrected chi connectivity index (χ4v) is 4.51. The van der Waals surface area contributed by atoms with E-state index in [0.29, 0.717) is 0 Å². The zero-order valence-corrected chi connectivity index (χ0v) is 13.7. The van der Waals surface area contributed by atoms with Crippen LogP contribution in [-0.2, 0) is 12.0 Å². The van der Waals surface area contributed by atoms with Crippen molar-refractivity contribution < 1.29 is 0 Å². The Balaban J connectivity index is 2.31. The Kier molecular flexibility index (Phi) is 5.02. The molecule has 2 rings (SSSR count).